The van der Waals surface area contributed by atoms with Gasteiger partial charge in [-0.1, -0.05) is 48.6 Å². The summed E-state index contributed by atoms with van der Waals surface area (Å²) < 4.78 is 20.8. The van der Waals surface area contributed by atoms with E-state index in [1.54, 1.807) is 12.3 Å². The van der Waals surface area contributed by atoms with E-state index in [4.69, 9.17) is 4.74 Å². The molecule has 0 radical (unpaired) electrons. The minimum atomic E-state index is -0.185. The molecule has 2 heterocycles. The molecular formula is C36H38FN3O. The van der Waals surface area contributed by atoms with Crippen LogP contribution in [0.15, 0.2) is 102 Å². The molecule has 0 unspecified atom stereocenters. The fourth-order valence-corrected chi connectivity index (χ4v) is 5.65. The third kappa shape index (κ3) is 6.57. The summed E-state index contributed by atoms with van der Waals surface area (Å²) in [6.45, 7) is 11.8. The number of pyridine rings is 1. The zero-order chi connectivity index (χ0) is 28.8. The Labute approximate surface area is 243 Å². The van der Waals surface area contributed by atoms with Crippen molar-refractivity contribution in [1.29, 1.82) is 0 Å². The van der Waals surface area contributed by atoms with Gasteiger partial charge in [-0.15, -0.1) is 0 Å². The predicted octanol–water partition coefficient (Wildman–Crippen LogP) is 8.62. The van der Waals surface area contributed by atoms with Gasteiger partial charge in [0.1, 0.15) is 11.9 Å². The van der Waals surface area contributed by atoms with Gasteiger partial charge in [0, 0.05) is 55.8 Å². The van der Waals surface area contributed by atoms with Crippen LogP contribution in [-0.4, -0.2) is 30.1 Å². The summed E-state index contributed by atoms with van der Waals surface area (Å²) >= 11 is 0. The number of nitrogens with zero attached hydrogens (tertiary/aromatic N) is 3. The smallest absolute Gasteiger partial charge is 0.221 e. The van der Waals surface area contributed by atoms with Crippen molar-refractivity contribution in [3.05, 3.63) is 131 Å². The molecule has 3 aromatic rings. The Bertz CT molecular complexity index is 1530. The van der Waals surface area contributed by atoms with Crippen molar-refractivity contribution >= 4 is 22.7 Å². The number of hydrogen-bond acceptors (Lipinski definition) is 4. The van der Waals surface area contributed by atoms with Gasteiger partial charge >= 0.3 is 0 Å². The largest absolute Gasteiger partial charge is 0.474 e. The monoisotopic (exact) mass is 547 g/mol. The van der Waals surface area contributed by atoms with Crippen molar-refractivity contribution in [2.24, 2.45) is 4.99 Å². The highest BCUT2D eigenvalue weighted by atomic mass is 19.1. The molecule has 0 amide bonds. The second kappa shape index (κ2) is 12.9. The molecule has 1 aromatic heterocycles. The van der Waals surface area contributed by atoms with Crippen LogP contribution in [0, 0.1) is 19.7 Å². The van der Waals surface area contributed by atoms with Crippen LogP contribution >= 0.6 is 0 Å². The minimum Gasteiger partial charge on any atom is -0.474 e. The molecule has 0 N–H and O–H groups in total. The van der Waals surface area contributed by atoms with Gasteiger partial charge in [0.15, 0.2) is 0 Å². The maximum atomic E-state index is 14.2. The Kier molecular flexibility index (Phi) is 8.93. The molecule has 2 aliphatic rings. The van der Waals surface area contributed by atoms with Crippen molar-refractivity contribution in [3.8, 4) is 0 Å². The van der Waals surface area contributed by atoms with Crippen LogP contribution in [0.5, 0.6) is 0 Å². The summed E-state index contributed by atoms with van der Waals surface area (Å²) in [5, 5.41) is 0. The lowest BCUT2D eigenvalue weighted by molar-refractivity contribution is 0.159. The molecule has 4 nitrogen and oxygen atoms in total. The first-order chi connectivity index (χ1) is 19.9. The lowest BCUT2D eigenvalue weighted by Gasteiger charge is -2.34. The third-order valence-electron chi connectivity index (χ3n) is 7.96. The number of aliphatic imine (C=N–C) groups is 1. The Hall–Kier alpha value is -4.25. The van der Waals surface area contributed by atoms with E-state index in [1.807, 2.05) is 31.5 Å². The van der Waals surface area contributed by atoms with E-state index in [0.717, 1.165) is 72.2 Å². The SMILES string of the molecule is C=CN=C(OC1CCN(c2ccncc2)CC1)c1cc(C2=CC=CCCC(C)=C2c2ccc(F)c(C)c2)ccc1C. The molecule has 1 saturated heterocycles. The van der Waals surface area contributed by atoms with Crippen LogP contribution in [0.3, 0.4) is 0 Å². The lowest BCUT2D eigenvalue weighted by atomic mass is 9.85. The molecule has 0 spiro atoms. The van der Waals surface area contributed by atoms with Gasteiger partial charge in [-0.05, 0) is 97.3 Å². The Morgan fingerprint density at radius 1 is 1.00 bits per heavy atom. The molecule has 1 aliphatic carbocycles. The minimum absolute atomic E-state index is 0.0678. The number of rotatable bonds is 6. The van der Waals surface area contributed by atoms with Crippen LogP contribution < -0.4 is 4.90 Å². The van der Waals surface area contributed by atoms with Gasteiger partial charge in [0.05, 0.1) is 0 Å². The first-order valence-electron chi connectivity index (χ1n) is 14.4. The van der Waals surface area contributed by atoms with Crippen LogP contribution in [0.2, 0.25) is 0 Å². The molecule has 1 aliphatic heterocycles. The van der Waals surface area contributed by atoms with E-state index in [-0.39, 0.29) is 11.9 Å². The molecule has 5 rings (SSSR count). The molecule has 41 heavy (non-hydrogen) atoms. The Morgan fingerprint density at radius 2 is 1.76 bits per heavy atom. The lowest BCUT2D eigenvalue weighted by Crippen LogP contribution is -2.38. The van der Waals surface area contributed by atoms with E-state index in [2.05, 4.69) is 83.9 Å². The average molecular weight is 548 g/mol. The fourth-order valence-electron chi connectivity index (χ4n) is 5.65. The van der Waals surface area contributed by atoms with E-state index in [9.17, 15) is 4.39 Å². The molecule has 0 bridgehead atoms. The summed E-state index contributed by atoms with van der Waals surface area (Å²) in [6, 6.07) is 16.0. The summed E-state index contributed by atoms with van der Waals surface area (Å²) in [7, 11) is 0. The zero-order valence-electron chi connectivity index (χ0n) is 24.2. The third-order valence-corrected chi connectivity index (χ3v) is 7.96. The number of ether oxygens (including phenoxy) is 1. The van der Waals surface area contributed by atoms with E-state index >= 15 is 0 Å². The average Bonchev–Trinajstić information content (AvgIpc) is 2.98. The van der Waals surface area contributed by atoms with Crippen LogP contribution in [0.1, 0.15) is 60.4 Å². The van der Waals surface area contributed by atoms with E-state index in [0.29, 0.717) is 11.5 Å². The molecule has 0 saturated carbocycles. The van der Waals surface area contributed by atoms with Gasteiger partial charge < -0.3 is 9.64 Å². The topological polar surface area (TPSA) is 37.7 Å². The molecule has 0 atom stereocenters. The van der Waals surface area contributed by atoms with Gasteiger partial charge in [-0.3, -0.25) is 4.98 Å². The van der Waals surface area contributed by atoms with Crippen molar-refractivity contribution in [3.63, 3.8) is 0 Å². The van der Waals surface area contributed by atoms with Gasteiger partial charge in [0.2, 0.25) is 5.90 Å². The summed E-state index contributed by atoms with van der Waals surface area (Å²) in [5.74, 6) is 0.415. The molecule has 5 heteroatoms. The molecule has 210 valence electrons. The standard InChI is InChI=1S/C36H38FN3O/c1-5-39-36(41-31-17-21-40(22-18-31)30-15-19-38-20-16-30)33-24-28(12-11-25(33)2)32-10-8-6-7-9-26(3)35(32)29-13-14-34(37)27(4)23-29/h5-6,8,10-16,19-20,23-24,31H,1,7,9,17-18,21-22H2,2-4H3. The quantitative estimate of drug-likeness (QED) is 0.229. The maximum absolute atomic E-state index is 14.2. The number of hydrogen-bond donors (Lipinski definition) is 0. The van der Waals surface area contributed by atoms with Crippen LogP contribution in [-0.2, 0) is 4.74 Å². The van der Waals surface area contributed by atoms with Gasteiger partial charge in [-0.2, -0.15) is 0 Å². The number of anilines is 1. The molecule has 1 fully saturated rings. The van der Waals surface area contributed by atoms with Crippen molar-refractivity contribution < 1.29 is 9.13 Å². The summed E-state index contributed by atoms with van der Waals surface area (Å²) in [4.78, 5) is 11.1. The fraction of sp³-hybridized carbons (Fsp3) is 0.278. The number of piperidine rings is 1. The number of benzene rings is 2. The van der Waals surface area contributed by atoms with Gasteiger partial charge in [0.25, 0.3) is 0 Å². The normalized spacial score (nSPS) is 16.7. The second-order valence-corrected chi connectivity index (χ2v) is 10.8. The highest BCUT2D eigenvalue weighted by Gasteiger charge is 2.24. The highest BCUT2D eigenvalue weighted by molar-refractivity contribution is 6.08. The predicted molar refractivity (Wildman–Crippen MR) is 169 cm³/mol. The number of allylic oxidation sites excluding steroid dienone is 6. The summed E-state index contributed by atoms with van der Waals surface area (Å²) in [6.07, 6.45) is 15.5. The highest BCUT2D eigenvalue weighted by Crippen LogP contribution is 2.38. The van der Waals surface area contributed by atoms with Crippen molar-refractivity contribution in [1.82, 2.24) is 4.98 Å². The van der Waals surface area contributed by atoms with Gasteiger partial charge in [-0.25, -0.2) is 9.38 Å². The van der Waals surface area contributed by atoms with E-state index < -0.39 is 0 Å². The Morgan fingerprint density at radius 3 is 2.49 bits per heavy atom. The maximum Gasteiger partial charge on any atom is 0.221 e. The first kappa shape index (κ1) is 28.3. The zero-order valence-corrected chi connectivity index (χ0v) is 24.2. The summed E-state index contributed by atoms with van der Waals surface area (Å²) in [5.41, 5.74) is 9.53. The van der Waals surface area contributed by atoms with Crippen molar-refractivity contribution in [2.45, 2.75) is 52.6 Å². The first-order valence-corrected chi connectivity index (χ1v) is 14.4. The number of halogens is 1. The Balaban J connectivity index is 1.45. The molecular weight excluding hydrogens is 509 g/mol. The van der Waals surface area contributed by atoms with Crippen molar-refractivity contribution in [2.75, 3.05) is 18.0 Å². The van der Waals surface area contributed by atoms with Crippen LogP contribution in [0.25, 0.3) is 11.1 Å². The molecule has 2 aromatic carbocycles. The number of aryl methyl sites for hydroxylation is 2. The van der Waals surface area contributed by atoms with E-state index in [1.165, 1.54) is 11.3 Å². The number of aromatic nitrogens is 1. The second-order valence-electron chi connectivity index (χ2n) is 10.8. The van der Waals surface area contributed by atoms with Crippen LogP contribution in [0.4, 0.5) is 10.1 Å².